The van der Waals surface area contributed by atoms with Crippen molar-refractivity contribution in [3.63, 3.8) is 0 Å². The predicted molar refractivity (Wildman–Crippen MR) is 96.1 cm³/mol. The van der Waals surface area contributed by atoms with Crippen molar-refractivity contribution in [1.29, 1.82) is 0 Å². The van der Waals surface area contributed by atoms with E-state index in [4.69, 9.17) is 0 Å². The summed E-state index contributed by atoms with van der Waals surface area (Å²) in [6.45, 7) is 6.72. The molecule has 2 amide bonds. The smallest absolute Gasteiger partial charge is 0.253 e. The molecule has 0 saturated carbocycles. The van der Waals surface area contributed by atoms with Crippen molar-refractivity contribution in [2.45, 2.75) is 43.8 Å². The predicted octanol–water partition coefficient (Wildman–Crippen LogP) is 1.86. The summed E-state index contributed by atoms with van der Waals surface area (Å²) in [6, 6.07) is 6.06. The van der Waals surface area contributed by atoms with Gasteiger partial charge in [0, 0.05) is 25.2 Å². The first kappa shape index (κ1) is 19.4. The summed E-state index contributed by atoms with van der Waals surface area (Å²) in [7, 11) is -3.35. The summed E-state index contributed by atoms with van der Waals surface area (Å²) in [5, 5.41) is 2.30. The number of carbonyl (C=O) groups excluding carboxylic acids is 2. The summed E-state index contributed by atoms with van der Waals surface area (Å²) in [6.07, 6.45) is 1.56. The van der Waals surface area contributed by atoms with E-state index < -0.39 is 15.1 Å². The number of nitrogens with zero attached hydrogens (tertiary/aromatic N) is 1. The minimum atomic E-state index is -3.35. The number of hydrogen-bond donors (Lipinski definition) is 1. The van der Waals surface area contributed by atoms with E-state index in [1.807, 2.05) is 6.92 Å². The lowest BCUT2D eigenvalue weighted by atomic mass is 9.96. The second kappa shape index (κ2) is 7.99. The molecule has 1 saturated heterocycles. The Labute approximate surface area is 149 Å². The summed E-state index contributed by atoms with van der Waals surface area (Å²) in [5.41, 5.74) is 0.444. The highest BCUT2D eigenvalue weighted by molar-refractivity contribution is 7.92. The maximum atomic E-state index is 12.7. The van der Waals surface area contributed by atoms with Crippen molar-refractivity contribution in [2.75, 3.05) is 19.6 Å². The van der Waals surface area contributed by atoms with E-state index in [0.29, 0.717) is 25.2 Å². The van der Waals surface area contributed by atoms with E-state index in [1.165, 1.54) is 12.1 Å². The molecule has 1 fully saturated rings. The number of benzene rings is 1. The number of amides is 2. The molecule has 1 N–H and O–H groups in total. The van der Waals surface area contributed by atoms with Gasteiger partial charge in [-0.2, -0.15) is 0 Å². The zero-order valence-electron chi connectivity index (χ0n) is 15.0. The third kappa shape index (κ3) is 4.39. The molecule has 1 aliphatic heterocycles. The van der Waals surface area contributed by atoms with Gasteiger partial charge in [0.2, 0.25) is 5.91 Å². The fraction of sp³-hybridized carbons (Fsp3) is 0.556. The Morgan fingerprint density at radius 2 is 1.88 bits per heavy atom. The van der Waals surface area contributed by atoms with Crippen molar-refractivity contribution >= 4 is 21.7 Å². The van der Waals surface area contributed by atoms with Crippen LogP contribution in [0.2, 0.25) is 0 Å². The molecule has 1 atom stereocenters. The zero-order valence-corrected chi connectivity index (χ0v) is 15.8. The first-order chi connectivity index (χ1) is 11.8. The lowest BCUT2D eigenvalue weighted by Gasteiger charge is -2.32. The van der Waals surface area contributed by atoms with Crippen LogP contribution in [0, 0.1) is 5.92 Å². The standard InChI is InChI=1S/C18H26N2O4S/c1-4-19-17(21)15-6-5-11-20(12-15)18(22)14-7-9-16(10-8-14)25(23,24)13(2)3/h7-10,13,15H,4-6,11-12H2,1-3H3,(H,19,21). The first-order valence-corrected chi connectivity index (χ1v) is 10.2. The molecule has 0 spiro atoms. The third-order valence-corrected chi connectivity index (χ3v) is 6.65. The van der Waals surface area contributed by atoms with Gasteiger partial charge in [-0.3, -0.25) is 9.59 Å². The molecule has 1 aromatic carbocycles. The van der Waals surface area contributed by atoms with Gasteiger partial charge in [0.15, 0.2) is 9.84 Å². The van der Waals surface area contributed by atoms with E-state index in [0.717, 1.165) is 12.8 Å². The molecule has 7 heteroatoms. The second-order valence-electron chi connectivity index (χ2n) is 6.60. The van der Waals surface area contributed by atoms with Crippen LogP contribution in [-0.4, -0.2) is 50.0 Å². The molecule has 1 aliphatic rings. The minimum Gasteiger partial charge on any atom is -0.356 e. The summed E-state index contributed by atoms with van der Waals surface area (Å²) < 4.78 is 24.3. The van der Waals surface area contributed by atoms with Gasteiger partial charge in [-0.15, -0.1) is 0 Å². The van der Waals surface area contributed by atoms with Gasteiger partial charge >= 0.3 is 0 Å². The number of rotatable bonds is 5. The maximum Gasteiger partial charge on any atom is 0.253 e. The number of nitrogens with one attached hydrogen (secondary N) is 1. The molecule has 6 nitrogen and oxygen atoms in total. The van der Waals surface area contributed by atoms with Crippen LogP contribution < -0.4 is 5.32 Å². The van der Waals surface area contributed by atoms with Crippen molar-refractivity contribution in [3.05, 3.63) is 29.8 Å². The minimum absolute atomic E-state index is 0.0154. The average Bonchev–Trinajstić information content (AvgIpc) is 2.61. The van der Waals surface area contributed by atoms with E-state index in [1.54, 1.807) is 30.9 Å². The van der Waals surface area contributed by atoms with Crippen LogP contribution in [0.3, 0.4) is 0 Å². The SMILES string of the molecule is CCNC(=O)C1CCCN(C(=O)c2ccc(S(=O)(=O)C(C)C)cc2)C1. The van der Waals surface area contributed by atoms with Gasteiger partial charge in [-0.25, -0.2) is 8.42 Å². The third-order valence-electron chi connectivity index (χ3n) is 4.48. The molecule has 138 valence electrons. The first-order valence-electron chi connectivity index (χ1n) is 8.68. The number of sulfone groups is 1. The van der Waals surface area contributed by atoms with Gasteiger partial charge in [0.05, 0.1) is 16.1 Å². The van der Waals surface area contributed by atoms with Crippen molar-refractivity contribution in [3.8, 4) is 0 Å². The number of piperidine rings is 1. The zero-order chi connectivity index (χ0) is 18.6. The van der Waals surface area contributed by atoms with Crippen molar-refractivity contribution < 1.29 is 18.0 Å². The summed E-state index contributed by atoms with van der Waals surface area (Å²) in [5.74, 6) is -0.362. The monoisotopic (exact) mass is 366 g/mol. The highest BCUT2D eigenvalue weighted by Gasteiger charge is 2.29. The maximum absolute atomic E-state index is 12.7. The molecular formula is C18H26N2O4S. The largest absolute Gasteiger partial charge is 0.356 e. The van der Waals surface area contributed by atoms with Gasteiger partial charge in [0.25, 0.3) is 5.91 Å². The molecule has 25 heavy (non-hydrogen) atoms. The lowest BCUT2D eigenvalue weighted by molar-refractivity contribution is -0.126. The van der Waals surface area contributed by atoms with Gasteiger partial charge in [-0.05, 0) is 57.9 Å². The normalized spacial score (nSPS) is 18.2. The molecule has 0 radical (unpaired) electrons. The van der Waals surface area contributed by atoms with Crippen LogP contribution in [0.25, 0.3) is 0 Å². The lowest BCUT2D eigenvalue weighted by Crippen LogP contribution is -2.45. The second-order valence-corrected chi connectivity index (χ2v) is 9.11. The highest BCUT2D eigenvalue weighted by Crippen LogP contribution is 2.21. The van der Waals surface area contributed by atoms with Crippen LogP contribution in [0.1, 0.15) is 44.0 Å². The topological polar surface area (TPSA) is 83.6 Å². The Bertz CT molecular complexity index is 726. The van der Waals surface area contributed by atoms with Gasteiger partial charge < -0.3 is 10.2 Å². The number of carbonyl (C=O) groups is 2. The van der Waals surface area contributed by atoms with E-state index in [-0.39, 0.29) is 22.6 Å². The van der Waals surface area contributed by atoms with E-state index >= 15 is 0 Å². The molecule has 1 aromatic rings. The molecule has 0 aromatic heterocycles. The molecule has 1 unspecified atom stereocenters. The van der Waals surface area contributed by atoms with Gasteiger partial charge in [-0.1, -0.05) is 0 Å². The van der Waals surface area contributed by atoms with Crippen LogP contribution in [0.4, 0.5) is 0 Å². The quantitative estimate of drug-likeness (QED) is 0.862. The molecule has 1 heterocycles. The molecule has 2 rings (SSSR count). The van der Waals surface area contributed by atoms with Gasteiger partial charge in [0.1, 0.15) is 0 Å². The molecule has 0 bridgehead atoms. The number of likely N-dealkylation sites (tertiary alicyclic amines) is 1. The fourth-order valence-electron chi connectivity index (χ4n) is 2.94. The average molecular weight is 366 g/mol. The Morgan fingerprint density at radius 1 is 1.24 bits per heavy atom. The van der Waals surface area contributed by atoms with Crippen molar-refractivity contribution in [1.82, 2.24) is 10.2 Å². The Kier molecular flexibility index (Phi) is 6.21. The van der Waals surface area contributed by atoms with Crippen LogP contribution in [0.5, 0.6) is 0 Å². The Balaban J connectivity index is 2.11. The van der Waals surface area contributed by atoms with Crippen LogP contribution >= 0.6 is 0 Å². The van der Waals surface area contributed by atoms with E-state index in [2.05, 4.69) is 5.32 Å². The highest BCUT2D eigenvalue weighted by atomic mass is 32.2. The molecular weight excluding hydrogens is 340 g/mol. The van der Waals surface area contributed by atoms with Crippen LogP contribution in [-0.2, 0) is 14.6 Å². The van der Waals surface area contributed by atoms with Crippen LogP contribution in [0.15, 0.2) is 29.2 Å². The molecule has 0 aliphatic carbocycles. The Morgan fingerprint density at radius 3 is 2.44 bits per heavy atom. The fourth-order valence-corrected chi connectivity index (χ4v) is 4.00. The number of hydrogen-bond acceptors (Lipinski definition) is 4. The summed E-state index contributed by atoms with van der Waals surface area (Å²) >= 11 is 0. The summed E-state index contributed by atoms with van der Waals surface area (Å²) in [4.78, 5) is 26.6. The van der Waals surface area contributed by atoms with E-state index in [9.17, 15) is 18.0 Å². The van der Waals surface area contributed by atoms with Crippen molar-refractivity contribution in [2.24, 2.45) is 5.92 Å². The Hall–Kier alpha value is -1.89.